The molecule has 4 N–H and O–H groups in total. The van der Waals surface area contributed by atoms with E-state index in [4.69, 9.17) is 5.73 Å². The van der Waals surface area contributed by atoms with E-state index in [1.807, 2.05) is 0 Å². The van der Waals surface area contributed by atoms with Crippen LogP contribution in [-0.4, -0.2) is 18.4 Å². The van der Waals surface area contributed by atoms with Crippen LogP contribution >= 0.6 is 0 Å². The van der Waals surface area contributed by atoms with Gasteiger partial charge in [-0.05, 0) is 36.4 Å². The number of alkyl halides is 3. The van der Waals surface area contributed by atoms with Crippen molar-refractivity contribution in [2.45, 2.75) is 6.18 Å². The first kappa shape index (κ1) is 17.3. The molecular formula is C16H14F3N3O2. The number of nitrogens with one attached hydrogen (secondary N) is 2. The molecule has 0 aromatic heterocycles. The number of carbonyl (C=O) groups excluding carboxylic acids is 2. The molecule has 0 fully saturated rings. The monoisotopic (exact) mass is 337 g/mol. The van der Waals surface area contributed by atoms with E-state index in [0.717, 1.165) is 12.1 Å². The summed E-state index contributed by atoms with van der Waals surface area (Å²) in [5.41, 5.74) is 5.12. The first-order valence-electron chi connectivity index (χ1n) is 6.86. The highest BCUT2D eigenvalue weighted by molar-refractivity contribution is 5.95. The van der Waals surface area contributed by atoms with Crippen molar-refractivity contribution in [3.63, 3.8) is 0 Å². The van der Waals surface area contributed by atoms with Crippen LogP contribution in [0.15, 0.2) is 48.5 Å². The molecule has 0 saturated heterocycles. The summed E-state index contributed by atoms with van der Waals surface area (Å²) < 4.78 is 37.8. The van der Waals surface area contributed by atoms with Crippen LogP contribution in [0.5, 0.6) is 0 Å². The number of nitrogens with two attached hydrogens (primary N) is 1. The average molecular weight is 337 g/mol. The van der Waals surface area contributed by atoms with E-state index in [9.17, 15) is 22.8 Å². The second kappa shape index (κ2) is 7.03. The van der Waals surface area contributed by atoms with Gasteiger partial charge in [-0.15, -0.1) is 0 Å². The summed E-state index contributed by atoms with van der Waals surface area (Å²) in [4.78, 5) is 22.9. The molecule has 0 saturated carbocycles. The van der Waals surface area contributed by atoms with E-state index in [1.54, 1.807) is 12.1 Å². The molecule has 0 unspecified atom stereocenters. The number of rotatable bonds is 5. The highest BCUT2D eigenvalue weighted by Crippen LogP contribution is 2.30. The molecule has 0 atom stereocenters. The molecule has 0 aliphatic carbocycles. The summed E-state index contributed by atoms with van der Waals surface area (Å²) in [6, 6.07) is 10.6. The van der Waals surface area contributed by atoms with E-state index in [2.05, 4.69) is 10.6 Å². The van der Waals surface area contributed by atoms with Gasteiger partial charge in [0.25, 0.3) is 0 Å². The summed E-state index contributed by atoms with van der Waals surface area (Å²) in [6.07, 6.45) is -4.48. The maximum absolute atomic E-state index is 12.6. The number of hydrogen-bond donors (Lipinski definition) is 3. The van der Waals surface area contributed by atoms with Crippen LogP contribution in [0.3, 0.4) is 0 Å². The standard InChI is InChI=1S/C16H14F3N3O2/c17-16(18,19)11-4-2-6-13(8-11)22-14(23)9-21-12-5-1-3-10(7-12)15(20)24/h1-8,21H,9H2,(H2,20,24)(H,22,23). The van der Waals surface area contributed by atoms with Crippen LogP contribution in [0.1, 0.15) is 15.9 Å². The normalized spacial score (nSPS) is 11.0. The third kappa shape index (κ3) is 4.73. The van der Waals surface area contributed by atoms with Crippen molar-refractivity contribution in [3.8, 4) is 0 Å². The topological polar surface area (TPSA) is 84.2 Å². The smallest absolute Gasteiger partial charge is 0.376 e. The van der Waals surface area contributed by atoms with Gasteiger partial charge in [0.05, 0.1) is 12.1 Å². The first-order valence-corrected chi connectivity index (χ1v) is 6.86. The van der Waals surface area contributed by atoms with Crippen LogP contribution in [-0.2, 0) is 11.0 Å². The zero-order valence-electron chi connectivity index (χ0n) is 12.4. The molecule has 0 heterocycles. The lowest BCUT2D eigenvalue weighted by atomic mass is 10.2. The molecule has 0 radical (unpaired) electrons. The highest BCUT2D eigenvalue weighted by atomic mass is 19.4. The maximum atomic E-state index is 12.6. The van der Waals surface area contributed by atoms with Crippen molar-refractivity contribution in [1.29, 1.82) is 0 Å². The molecule has 5 nitrogen and oxygen atoms in total. The van der Waals surface area contributed by atoms with E-state index in [-0.39, 0.29) is 17.8 Å². The SMILES string of the molecule is NC(=O)c1cccc(NCC(=O)Nc2cccc(C(F)(F)F)c2)c1. The van der Waals surface area contributed by atoms with Crippen molar-refractivity contribution in [2.24, 2.45) is 5.73 Å². The Labute approximate surface area is 135 Å². The van der Waals surface area contributed by atoms with Gasteiger partial charge in [0.15, 0.2) is 0 Å². The average Bonchev–Trinajstić information content (AvgIpc) is 2.52. The van der Waals surface area contributed by atoms with Gasteiger partial charge in [-0.2, -0.15) is 13.2 Å². The minimum absolute atomic E-state index is 0.0440. The van der Waals surface area contributed by atoms with Crippen LogP contribution in [0.25, 0.3) is 0 Å². The van der Waals surface area contributed by atoms with Gasteiger partial charge in [-0.25, -0.2) is 0 Å². The lowest BCUT2D eigenvalue weighted by Crippen LogP contribution is -2.22. The van der Waals surface area contributed by atoms with E-state index >= 15 is 0 Å². The molecule has 0 spiro atoms. The molecule has 8 heteroatoms. The Bertz CT molecular complexity index is 760. The minimum Gasteiger partial charge on any atom is -0.376 e. The molecule has 0 aliphatic rings. The molecular weight excluding hydrogens is 323 g/mol. The molecule has 126 valence electrons. The predicted octanol–water partition coefficient (Wildman–Crippen LogP) is 2.85. The van der Waals surface area contributed by atoms with Gasteiger partial charge in [0.1, 0.15) is 0 Å². The number of carbonyl (C=O) groups is 2. The Kier molecular flexibility index (Phi) is 5.08. The first-order chi connectivity index (χ1) is 11.3. The number of halogens is 3. The van der Waals surface area contributed by atoms with Crippen LogP contribution in [0.4, 0.5) is 24.5 Å². The number of hydrogen-bond acceptors (Lipinski definition) is 3. The van der Waals surface area contributed by atoms with Gasteiger partial charge >= 0.3 is 6.18 Å². The van der Waals surface area contributed by atoms with E-state index < -0.39 is 23.6 Å². The molecule has 24 heavy (non-hydrogen) atoms. The molecule has 0 aliphatic heterocycles. The number of amides is 2. The second-order valence-corrected chi connectivity index (χ2v) is 4.93. The molecule has 0 bridgehead atoms. The summed E-state index contributed by atoms with van der Waals surface area (Å²) in [5.74, 6) is -1.13. The predicted molar refractivity (Wildman–Crippen MR) is 83.5 cm³/mol. The Morgan fingerprint density at radius 3 is 2.33 bits per heavy atom. The summed E-state index contributed by atoms with van der Waals surface area (Å²) in [7, 11) is 0. The van der Waals surface area contributed by atoms with Crippen molar-refractivity contribution >= 4 is 23.2 Å². The van der Waals surface area contributed by atoms with Crippen molar-refractivity contribution in [3.05, 3.63) is 59.7 Å². The molecule has 2 rings (SSSR count). The highest BCUT2D eigenvalue weighted by Gasteiger charge is 2.30. The van der Waals surface area contributed by atoms with Crippen LogP contribution in [0.2, 0.25) is 0 Å². The zero-order valence-corrected chi connectivity index (χ0v) is 12.4. The van der Waals surface area contributed by atoms with Gasteiger partial charge in [0, 0.05) is 16.9 Å². The molecule has 2 amide bonds. The Morgan fingerprint density at radius 1 is 1.00 bits per heavy atom. The lowest BCUT2D eigenvalue weighted by molar-refractivity contribution is -0.137. The fourth-order valence-corrected chi connectivity index (χ4v) is 1.94. The quantitative estimate of drug-likeness (QED) is 0.784. The third-order valence-corrected chi connectivity index (χ3v) is 3.07. The van der Waals surface area contributed by atoms with Gasteiger partial charge in [0.2, 0.25) is 11.8 Å². The zero-order chi connectivity index (χ0) is 17.7. The summed E-state index contributed by atoms with van der Waals surface area (Å²) in [5, 5.41) is 5.13. The Balaban J connectivity index is 1.97. The Hall–Kier alpha value is -3.03. The second-order valence-electron chi connectivity index (χ2n) is 4.93. The van der Waals surface area contributed by atoms with Crippen molar-refractivity contribution < 1.29 is 22.8 Å². The molecule has 2 aromatic carbocycles. The van der Waals surface area contributed by atoms with E-state index in [1.165, 1.54) is 24.3 Å². The van der Waals surface area contributed by atoms with Crippen molar-refractivity contribution in [2.75, 3.05) is 17.2 Å². The van der Waals surface area contributed by atoms with Crippen LogP contribution in [0, 0.1) is 0 Å². The number of benzene rings is 2. The van der Waals surface area contributed by atoms with Gasteiger partial charge < -0.3 is 16.4 Å². The molecule has 2 aromatic rings. The fourth-order valence-electron chi connectivity index (χ4n) is 1.94. The van der Waals surface area contributed by atoms with Gasteiger partial charge in [-0.3, -0.25) is 9.59 Å². The van der Waals surface area contributed by atoms with Crippen LogP contribution < -0.4 is 16.4 Å². The number of anilines is 2. The summed E-state index contributed by atoms with van der Waals surface area (Å²) in [6.45, 7) is -0.182. The third-order valence-electron chi connectivity index (χ3n) is 3.07. The van der Waals surface area contributed by atoms with Gasteiger partial charge in [-0.1, -0.05) is 12.1 Å². The van der Waals surface area contributed by atoms with E-state index in [0.29, 0.717) is 5.69 Å². The largest absolute Gasteiger partial charge is 0.416 e. The Morgan fingerprint density at radius 2 is 1.67 bits per heavy atom. The fraction of sp³-hybridized carbons (Fsp3) is 0.125. The number of primary amides is 1. The minimum atomic E-state index is -4.48. The maximum Gasteiger partial charge on any atom is 0.416 e. The summed E-state index contributed by atoms with van der Waals surface area (Å²) >= 11 is 0. The van der Waals surface area contributed by atoms with Crippen molar-refractivity contribution in [1.82, 2.24) is 0 Å². The lowest BCUT2D eigenvalue weighted by Gasteiger charge is -2.11.